The van der Waals surface area contributed by atoms with Crippen molar-refractivity contribution >= 4 is 11.6 Å². The number of aryl methyl sites for hydroxylation is 1. The van der Waals surface area contributed by atoms with E-state index in [0.29, 0.717) is 18.2 Å². The standard InChI is InChI=1S/C22H35N5O/c1-6-18-17(15-24-20-14-19(22(3,4)5)25-27(18)20)21(28)23-11-9-13-26-12-8-7-10-16(26)2/h14-16H,6-13H2,1-5H3,(H,23,28)/t16-/m1/s1. The van der Waals surface area contributed by atoms with E-state index in [-0.39, 0.29) is 11.3 Å². The molecule has 2 aromatic heterocycles. The fraction of sp³-hybridized carbons (Fsp3) is 0.682. The van der Waals surface area contributed by atoms with Gasteiger partial charge in [-0.2, -0.15) is 5.10 Å². The van der Waals surface area contributed by atoms with Crippen LogP contribution in [0.1, 0.15) is 82.0 Å². The third kappa shape index (κ3) is 4.54. The SMILES string of the molecule is CCc1c(C(=O)NCCCN2CCCC[C@H]2C)cnc2cc(C(C)(C)C)nn12. The molecule has 0 unspecified atom stereocenters. The van der Waals surface area contributed by atoms with Crippen LogP contribution in [0.5, 0.6) is 0 Å². The molecule has 1 atom stereocenters. The monoisotopic (exact) mass is 385 g/mol. The highest BCUT2D eigenvalue weighted by Crippen LogP contribution is 2.23. The molecule has 1 fully saturated rings. The van der Waals surface area contributed by atoms with Crippen LogP contribution in [0.2, 0.25) is 0 Å². The Morgan fingerprint density at radius 2 is 2.11 bits per heavy atom. The van der Waals surface area contributed by atoms with E-state index >= 15 is 0 Å². The molecule has 3 rings (SSSR count). The van der Waals surface area contributed by atoms with Gasteiger partial charge in [-0.15, -0.1) is 0 Å². The van der Waals surface area contributed by atoms with Crippen molar-refractivity contribution in [1.82, 2.24) is 24.8 Å². The summed E-state index contributed by atoms with van der Waals surface area (Å²) in [6.07, 6.45) is 7.33. The average Bonchev–Trinajstić information content (AvgIpc) is 3.10. The largest absolute Gasteiger partial charge is 0.352 e. The van der Waals surface area contributed by atoms with Crippen LogP contribution in [0, 0.1) is 0 Å². The number of carbonyl (C=O) groups excluding carboxylic acids is 1. The zero-order valence-electron chi connectivity index (χ0n) is 18.1. The molecule has 0 aliphatic carbocycles. The number of nitrogens with one attached hydrogen (secondary N) is 1. The van der Waals surface area contributed by atoms with Gasteiger partial charge in [-0.1, -0.05) is 34.1 Å². The summed E-state index contributed by atoms with van der Waals surface area (Å²) < 4.78 is 1.84. The molecule has 0 radical (unpaired) electrons. The summed E-state index contributed by atoms with van der Waals surface area (Å²) in [5.74, 6) is -0.0502. The Labute approximate surface area is 168 Å². The number of amides is 1. The minimum Gasteiger partial charge on any atom is -0.352 e. The third-order valence-electron chi connectivity index (χ3n) is 5.78. The zero-order chi connectivity index (χ0) is 20.3. The van der Waals surface area contributed by atoms with Gasteiger partial charge in [0.2, 0.25) is 0 Å². The highest BCUT2D eigenvalue weighted by atomic mass is 16.1. The highest BCUT2D eigenvalue weighted by molar-refractivity contribution is 5.95. The fourth-order valence-electron chi connectivity index (χ4n) is 3.95. The first-order valence-corrected chi connectivity index (χ1v) is 10.7. The van der Waals surface area contributed by atoms with Crippen molar-refractivity contribution in [3.8, 4) is 0 Å². The molecule has 1 amide bonds. The third-order valence-corrected chi connectivity index (χ3v) is 5.78. The van der Waals surface area contributed by atoms with Gasteiger partial charge < -0.3 is 10.2 Å². The summed E-state index contributed by atoms with van der Waals surface area (Å²) in [5, 5.41) is 7.81. The van der Waals surface area contributed by atoms with E-state index in [1.54, 1.807) is 6.20 Å². The van der Waals surface area contributed by atoms with Crippen LogP contribution in [0.15, 0.2) is 12.3 Å². The minimum absolute atomic E-state index is 0.0489. The molecule has 1 aliphatic heterocycles. The molecule has 1 saturated heterocycles. The molecule has 6 nitrogen and oxygen atoms in total. The topological polar surface area (TPSA) is 62.5 Å². The van der Waals surface area contributed by atoms with E-state index in [1.807, 2.05) is 10.6 Å². The summed E-state index contributed by atoms with van der Waals surface area (Å²) in [7, 11) is 0. The quantitative estimate of drug-likeness (QED) is 0.772. The van der Waals surface area contributed by atoms with Gasteiger partial charge in [0.05, 0.1) is 17.0 Å². The van der Waals surface area contributed by atoms with Gasteiger partial charge in [-0.3, -0.25) is 4.79 Å². The van der Waals surface area contributed by atoms with E-state index in [1.165, 1.54) is 25.8 Å². The van der Waals surface area contributed by atoms with Crippen LogP contribution in [0.25, 0.3) is 5.65 Å². The van der Waals surface area contributed by atoms with Gasteiger partial charge in [0.15, 0.2) is 5.65 Å². The number of hydrogen-bond acceptors (Lipinski definition) is 4. The highest BCUT2D eigenvalue weighted by Gasteiger charge is 2.22. The van der Waals surface area contributed by atoms with Crippen LogP contribution in [0.4, 0.5) is 0 Å². The fourth-order valence-corrected chi connectivity index (χ4v) is 3.95. The van der Waals surface area contributed by atoms with Crippen molar-refractivity contribution < 1.29 is 4.79 Å². The maximum atomic E-state index is 12.8. The van der Waals surface area contributed by atoms with Crippen LogP contribution in [0.3, 0.4) is 0 Å². The molecule has 1 N–H and O–H groups in total. The molecule has 0 saturated carbocycles. The lowest BCUT2D eigenvalue weighted by Gasteiger charge is -2.33. The summed E-state index contributed by atoms with van der Waals surface area (Å²) >= 11 is 0. The Bertz CT molecular complexity index is 820. The molecule has 2 aromatic rings. The zero-order valence-corrected chi connectivity index (χ0v) is 18.1. The molecule has 28 heavy (non-hydrogen) atoms. The van der Waals surface area contributed by atoms with Crippen LogP contribution in [-0.2, 0) is 11.8 Å². The first kappa shape index (κ1) is 20.8. The van der Waals surface area contributed by atoms with Crippen molar-refractivity contribution in [2.75, 3.05) is 19.6 Å². The van der Waals surface area contributed by atoms with Gasteiger partial charge in [-0.05, 0) is 39.2 Å². The summed E-state index contributed by atoms with van der Waals surface area (Å²) in [4.78, 5) is 19.8. The van der Waals surface area contributed by atoms with E-state index in [2.05, 4.69) is 49.8 Å². The van der Waals surface area contributed by atoms with Gasteiger partial charge in [0.1, 0.15) is 0 Å². The Morgan fingerprint density at radius 1 is 1.32 bits per heavy atom. The van der Waals surface area contributed by atoms with Crippen LogP contribution in [-0.4, -0.2) is 51.1 Å². The number of aromatic nitrogens is 3. The van der Waals surface area contributed by atoms with Crippen molar-refractivity contribution in [3.05, 3.63) is 29.2 Å². The predicted molar refractivity (Wildman–Crippen MR) is 113 cm³/mol. The van der Waals surface area contributed by atoms with Crippen LogP contribution >= 0.6 is 0 Å². The number of nitrogens with zero attached hydrogens (tertiary/aromatic N) is 4. The van der Waals surface area contributed by atoms with E-state index in [9.17, 15) is 4.79 Å². The second-order valence-electron chi connectivity index (χ2n) is 9.01. The number of hydrogen-bond donors (Lipinski definition) is 1. The van der Waals surface area contributed by atoms with Crippen molar-refractivity contribution in [2.24, 2.45) is 0 Å². The van der Waals surface area contributed by atoms with Gasteiger partial charge in [0.25, 0.3) is 5.91 Å². The maximum absolute atomic E-state index is 12.8. The Hall–Kier alpha value is -1.95. The normalized spacial score (nSPS) is 18.5. The second-order valence-corrected chi connectivity index (χ2v) is 9.01. The molecule has 1 aliphatic rings. The van der Waals surface area contributed by atoms with Crippen molar-refractivity contribution in [2.45, 2.75) is 78.2 Å². The van der Waals surface area contributed by atoms with Crippen molar-refractivity contribution in [1.29, 1.82) is 0 Å². The molecule has 6 heteroatoms. The molecular weight excluding hydrogens is 350 g/mol. The van der Waals surface area contributed by atoms with E-state index in [4.69, 9.17) is 5.10 Å². The molecular formula is C22H35N5O. The number of piperidine rings is 1. The minimum atomic E-state index is -0.0502. The molecule has 0 spiro atoms. The van der Waals surface area contributed by atoms with E-state index < -0.39 is 0 Å². The molecule has 154 valence electrons. The first-order chi connectivity index (χ1) is 13.3. The number of rotatable bonds is 6. The first-order valence-electron chi connectivity index (χ1n) is 10.7. The summed E-state index contributed by atoms with van der Waals surface area (Å²) in [6, 6.07) is 2.68. The van der Waals surface area contributed by atoms with E-state index in [0.717, 1.165) is 36.4 Å². The lowest BCUT2D eigenvalue weighted by atomic mass is 9.93. The summed E-state index contributed by atoms with van der Waals surface area (Å²) in [6.45, 7) is 13.7. The maximum Gasteiger partial charge on any atom is 0.254 e. The Kier molecular flexibility index (Phi) is 6.38. The van der Waals surface area contributed by atoms with Crippen LogP contribution < -0.4 is 5.32 Å². The average molecular weight is 386 g/mol. The van der Waals surface area contributed by atoms with Crippen molar-refractivity contribution in [3.63, 3.8) is 0 Å². The van der Waals surface area contributed by atoms with Gasteiger partial charge in [0, 0.05) is 36.8 Å². The molecule has 3 heterocycles. The lowest BCUT2D eigenvalue weighted by molar-refractivity contribution is 0.0947. The van der Waals surface area contributed by atoms with Gasteiger partial charge >= 0.3 is 0 Å². The number of likely N-dealkylation sites (tertiary alicyclic amines) is 1. The van der Waals surface area contributed by atoms with Gasteiger partial charge in [-0.25, -0.2) is 9.50 Å². The number of carbonyl (C=O) groups is 1. The molecule has 0 aromatic carbocycles. The smallest absolute Gasteiger partial charge is 0.254 e. The Morgan fingerprint density at radius 3 is 2.79 bits per heavy atom. The molecule has 0 bridgehead atoms. The summed E-state index contributed by atoms with van der Waals surface area (Å²) in [5.41, 5.74) is 3.29. The predicted octanol–water partition coefficient (Wildman–Crippen LogP) is 3.58. The lowest BCUT2D eigenvalue weighted by Crippen LogP contribution is -2.39. The number of fused-ring (bicyclic) bond motifs is 1. The Balaban J connectivity index is 1.65. The second kappa shape index (κ2) is 8.60.